The van der Waals surface area contributed by atoms with E-state index < -0.39 is 5.79 Å². The first-order valence-corrected chi connectivity index (χ1v) is 5.34. The Balaban J connectivity index is 1.87. The smallest absolute Gasteiger partial charge is 0.193 e. The van der Waals surface area contributed by atoms with Crippen LogP contribution in [-0.2, 0) is 16.0 Å². The molecule has 4 heteroatoms. The molecular weight excluding hydrogens is 204 g/mol. The molecule has 1 fully saturated rings. The van der Waals surface area contributed by atoms with Crippen LogP contribution in [-0.4, -0.2) is 38.0 Å². The second-order valence-corrected chi connectivity index (χ2v) is 4.21. The normalized spacial score (nSPS) is 19.4. The van der Waals surface area contributed by atoms with Crippen LogP contribution in [0.15, 0.2) is 24.3 Å². The van der Waals surface area contributed by atoms with Crippen LogP contribution in [0.5, 0.6) is 0 Å². The molecule has 0 aromatic heterocycles. The number of hydrogen-bond acceptors (Lipinski definition) is 4. The molecule has 1 aromatic carbocycles. The third-order valence-electron chi connectivity index (χ3n) is 3.06. The summed E-state index contributed by atoms with van der Waals surface area (Å²) in [5, 5.41) is 0. The summed E-state index contributed by atoms with van der Waals surface area (Å²) >= 11 is 0. The van der Waals surface area contributed by atoms with Gasteiger partial charge in [0.05, 0.1) is 13.1 Å². The third-order valence-corrected chi connectivity index (χ3v) is 3.06. The van der Waals surface area contributed by atoms with E-state index in [1.54, 1.807) is 14.2 Å². The number of anilines is 1. The Morgan fingerprint density at radius 3 is 2.25 bits per heavy atom. The zero-order valence-electron chi connectivity index (χ0n) is 9.77. The number of hydrogen-bond donors (Lipinski definition) is 1. The number of rotatable bonds is 4. The second-order valence-electron chi connectivity index (χ2n) is 4.21. The van der Waals surface area contributed by atoms with Gasteiger partial charge in [-0.3, -0.25) is 4.90 Å². The van der Waals surface area contributed by atoms with Gasteiger partial charge >= 0.3 is 0 Å². The predicted molar refractivity (Wildman–Crippen MR) is 62.9 cm³/mol. The molecule has 1 aliphatic heterocycles. The Labute approximate surface area is 95.9 Å². The Morgan fingerprint density at radius 2 is 1.75 bits per heavy atom. The molecule has 0 bridgehead atoms. The highest BCUT2D eigenvalue weighted by atomic mass is 16.7. The minimum absolute atomic E-state index is 0.395. The van der Waals surface area contributed by atoms with Crippen molar-refractivity contribution >= 4 is 5.69 Å². The van der Waals surface area contributed by atoms with Gasteiger partial charge in [0.1, 0.15) is 0 Å². The van der Waals surface area contributed by atoms with Crippen molar-refractivity contribution in [2.75, 3.05) is 33.0 Å². The van der Waals surface area contributed by atoms with E-state index in [0.717, 1.165) is 25.3 Å². The van der Waals surface area contributed by atoms with Crippen molar-refractivity contribution in [2.45, 2.75) is 12.3 Å². The van der Waals surface area contributed by atoms with Crippen molar-refractivity contribution < 1.29 is 9.47 Å². The summed E-state index contributed by atoms with van der Waals surface area (Å²) in [7, 11) is 3.37. The van der Waals surface area contributed by atoms with Gasteiger partial charge in [0.2, 0.25) is 0 Å². The fourth-order valence-electron chi connectivity index (χ4n) is 1.97. The maximum absolute atomic E-state index is 5.64. The zero-order chi connectivity index (χ0) is 11.6. The average molecular weight is 222 g/mol. The summed E-state index contributed by atoms with van der Waals surface area (Å²) in [6.45, 7) is 2.53. The number of methoxy groups -OCH3 is 2. The fraction of sp³-hybridized carbons (Fsp3) is 0.500. The molecule has 0 radical (unpaired) electrons. The van der Waals surface area contributed by atoms with Crippen molar-refractivity contribution in [1.82, 2.24) is 4.90 Å². The van der Waals surface area contributed by atoms with E-state index in [9.17, 15) is 0 Å². The highest BCUT2D eigenvalue weighted by Gasteiger charge is 2.43. The molecule has 1 saturated heterocycles. The Bertz CT molecular complexity index is 339. The minimum atomic E-state index is -0.395. The summed E-state index contributed by atoms with van der Waals surface area (Å²) in [6.07, 6.45) is 0. The van der Waals surface area contributed by atoms with Crippen molar-refractivity contribution in [1.29, 1.82) is 0 Å². The summed E-state index contributed by atoms with van der Waals surface area (Å²) in [4.78, 5) is 2.28. The molecule has 0 spiro atoms. The highest BCUT2D eigenvalue weighted by molar-refractivity contribution is 5.39. The maximum Gasteiger partial charge on any atom is 0.193 e. The van der Waals surface area contributed by atoms with E-state index in [2.05, 4.69) is 17.0 Å². The van der Waals surface area contributed by atoms with E-state index in [0.29, 0.717) is 0 Å². The van der Waals surface area contributed by atoms with Crippen LogP contribution in [0.4, 0.5) is 5.69 Å². The first-order valence-electron chi connectivity index (χ1n) is 5.34. The Morgan fingerprint density at radius 1 is 1.19 bits per heavy atom. The number of likely N-dealkylation sites (tertiary alicyclic amines) is 1. The second kappa shape index (κ2) is 4.41. The molecule has 88 valence electrons. The van der Waals surface area contributed by atoms with Gasteiger partial charge in [-0.05, 0) is 17.7 Å². The van der Waals surface area contributed by atoms with Crippen LogP contribution in [0.2, 0.25) is 0 Å². The summed E-state index contributed by atoms with van der Waals surface area (Å²) in [5.41, 5.74) is 7.70. The van der Waals surface area contributed by atoms with Crippen molar-refractivity contribution in [3.8, 4) is 0 Å². The maximum atomic E-state index is 5.64. The number of ether oxygens (including phenoxy) is 2. The Kier molecular flexibility index (Phi) is 3.14. The van der Waals surface area contributed by atoms with Crippen molar-refractivity contribution in [2.24, 2.45) is 0 Å². The minimum Gasteiger partial charge on any atom is -0.399 e. The molecule has 4 nitrogen and oxygen atoms in total. The molecule has 16 heavy (non-hydrogen) atoms. The lowest BCUT2D eigenvalue weighted by Gasteiger charge is -2.47. The predicted octanol–water partition coefficient (Wildman–Crippen LogP) is 1.07. The molecule has 0 saturated carbocycles. The molecule has 1 aliphatic rings. The van der Waals surface area contributed by atoms with Crippen LogP contribution >= 0.6 is 0 Å². The molecule has 0 amide bonds. The lowest BCUT2D eigenvalue weighted by molar-refractivity contribution is -0.277. The van der Waals surface area contributed by atoms with E-state index in [1.807, 2.05) is 12.1 Å². The first-order chi connectivity index (χ1) is 7.67. The van der Waals surface area contributed by atoms with Crippen molar-refractivity contribution in [3.05, 3.63) is 29.8 Å². The van der Waals surface area contributed by atoms with Crippen molar-refractivity contribution in [3.63, 3.8) is 0 Å². The molecule has 0 atom stereocenters. The molecule has 0 aliphatic carbocycles. The van der Waals surface area contributed by atoms with Crippen LogP contribution in [0, 0.1) is 0 Å². The van der Waals surface area contributed by atoms with E-state index in [4.69, 9.17) is 15.2 Å². The van der Waals surface area contributed by atoms with Gasteiger partial charge in [-0.1, -0.05) is 12.1 Å². The standard InChI is InChI=1S/C12H18N2O2/c1-15-12(16-2)8-14(9-12)7-10-3-5-11(13)6-4-10/h3-6H,7-9,13H2,1-2H3. The number of nitrogen functional groups attached to an aromatic ring is 1. The largest absolute Gasteiger partial charge is 0.399 e. The SMILES string of the molecule is COC1(OC)CN(Cc2ccc(N)cc2)C1. The Hall–Kier alpha value is -1.10. The summed E-state index contributed by atoms with van der Waals surface area (Å²) < 4.78 is 10.7. The highest BCUT2D eigenvalue weighted by Crippen LogP contribution is 2.26. The van der Waals surface area contributed by atoms with Gasteiger partial charge in [-0.2, -0.15) is 0 Å². The average Bonchev–Trinajstić information content (AvgIpc) is 2.26. The van der Waals surface area contributed by atoms with Crippen LogP contribution < -0.4 is 5.73 Å². The third kappa shape index (κ3) is 2.19. The molecule has 0 unspecified atom stereocenters. The summed E-state index contributed by atoms with van der Waals surface area (Å²) in [5.74, 6) is -0.395. The zero-order valence-corrected chi connectivity index (χ0v) is 9.77. The van der Waals surface area contributed by atoms with Gasteiger partial charge in [0.15, 0.2) is 5.79 Å². The van der Waals surface area contributed by atoms with E-state index in [1.165, 1.54) is 5.56 Å². The van der Waals surface area contributed by atoms with E-state index in [-0.39, 0.29) is 0 Å². The molecular formula is C12H18N2O2. The fourth-order valence-corrected chi connectivity index (χ4v) is 1.97. The quantitative estimate of drug-likeness (QED) is 0.611. The van der Waals surface area contributed by atoms with Gasteiger partial charge in [-0.15, -0.1) is 0 Å². The van der Waals surface area contributed by atoms with Gasteiger partial charge in [-0.25, -0.2) is 0 Å². The van der Waals surface area contributed by atoms with Crippen LogP contribution in [0.25, 0.3) is 0 Å². The molecule has 2 N–H and O–H groups in total. The molecule has 1 aromatic rings. The monoisotopic (exact) mass is 222 g/mol. The topological polar surface area (TPSA) is 47.7 Å². The van der Waals surface area contributed by atoms with Gasteiger partial charge < -0.3 is 15.2 Å². The number of benzene rings is 1. The van der Waals surface area contributed by atoms with Crippen LogP contribution in [0.3, 0.4) is 0 Å². The summed E-state index contributed by atoms with van der Waals surface area (Å²) in [6, 6.07) is 7.95. The first kappa shape index (κ1) is 11.4. The lowest BCUT2D eigenvalue weighted by atomic mass is 10.1. The molecule has 1 heterocycles. The number of nitrogens with zero attached hydrogens (tertiary/aromatic N) is 1. The number of nitrogens with two attached hydrogens (primary N) is 1. The van der Waals surface area contributed by atoms with Gasteiger partial charge in [0, 0.05) is 26.5 Å². The molecule has 2 rings (SSSR count). The van der Waals surface area contributed by atoms with E-state index >= 15 is 0 Å². The van der Waals surface area contributed by atoms with Crippen LogP contribution in [0.1, 0.15) is 5.56 Å². The lowest BCUT2D eigenvalue weighted by Crippen LogP contribution is -2.63. The van der Waals surface area contributed by atoms with Gasteiger partial charge in [0.25, 0.3) is 0 Å².